The molecule has 2 rings (SSSR count). The van der Waals surface area contributed by atoms with Gasteiger partial charge in [-0.1, -0.05) is 6.92 Å². The van der Waals surface area contributed by atoms with Crippen LogP contribution < -0.4 is 0 Å². The minimum Gasteiger partial charge on any atom is -0.379 e. The molecule has 0 spiro atoms. The van der Waals surface area contributed by atoms with Gasteiger partial charge in [-0.15, -0.1) is 0 Å². The molecule has 5 nitrogen and oxygen atoms in total. The second-order valence-corrected chi connectivity index (χ2v) is 5.30. The SMILES string of the molecule is CCc1nc(CN(C)CCN2CCOCC2)c(C)[nH]1. The number of H-pyrrole nitrogens is 1. The van der Waals surface area contributed by atoms with Gasteiger partial charge >= 0.3 is 0 Å². The molecule has 1 fully saturated rings. The lowest BCUT2D eigenvalue weighted by molar-refractivity contribution is 0.0341. The topological polar surface area (TPSA) is 44.4 Å². The highest BCUT2D eigenvalue weighted by molar-refractivity contribution is 5.12. The maximum absolute atomic E-state index is 5.36. The van der Waals surface area contributed by atoms with Gasteiger partial charge in [-0.3, -0.25) is 9.80 Å². The largest absolute Gasteiger partial charge is 0.379 e. The van der Waals surface area contributed by atoms with E-state index in [9.17, 15) is 0 Å². The number of likely N-dealkylation sites (N-methyl/N-ethyl adjacent to an activating group) is 1. The zero-order chi connectivity index (χ0) is 13.7. The van der Waals surface area contributed by atoms with Crippen molar-refractivity contribution in [1.82, 2.24) is 19.8 Å². The van der Waals surface area contributed by atoms with Crippen molar-refractivity contribution in [3.05, 3.63) is 17.2 Å². The second kappa shape index (κ2) is 7.03. The van der Waals surface area contributed by atoms with Gasteiger partial charge in [-0.05, 0) is 14.0 Å². The Bertz CT molecular complexity index is 385. The molecule has 1 aliphatic rings. The molecule has 108 valence electrons. The fraction of sp³-hybridized carbons (Fsp3) is 0.786. The van der Waals surface area contributed by atoms with Crippen molar-refractivity contribution >= 4 is 0 Å². The maximum atomic E-state index is 5.36. The first-order valence-electron chi connectivity index (χ1n) is 7.22. The Kier molecular flexibility index (Phi) is 5.36. The third-order valence-corrected chi connectivity index (χ3v) is 3.69. The summed E-state index contributed by atoms with van der Waals surface area (Å²) in [5.74, 6) is 1.09. The summed E-state index contributed by atoms with van der Waals surface area (Å²) in [4.78, 5) is 12.8. The summed E-state index contributed by atoms with van der Waals surface area (Å²) < 4.78 is 5.36. The number of imidazole rings is 1. The lowest BCUT2D eigenvalue weighted by atomic mass is 10.3. The number of aromatic nitrogens is 2. The Balaban J connectivity index is 1.76. The van der Waals surface area contributed by atoms with Crippen LogP contribution in [-0.2, 0) is 17.7 Å². The van der Waals surface area contributed by atoms with Crippen LogP contribution in [0.1, 0.15) is 24.1 Å². The minimum absolute atomic E-state index is 0.877. The second-order valence-electron chi connectivity index (χ2n) is 5.30. The fourth-order valence-corrected chi connectivity index (χ4v) is 2.36. The van der Waals surface area contributed by atoms with Gasteiger partial charge in [0, 0.05) is 44.8 Å². The quantitative estimate of drug-likeness (QED) is 0.836. The molecule has 0 radical (unpaired) electrons. The van der Waals surface area contributed by atoms with Crippen molar-refractivity contribution < 1.29 is 4.74 Å². The van der Waals surface area contributed by atoms with Crippen molar-refractivity contribution in [2.45, 2.75) is 26.8 Å². The zero-order valence-electron chi connectivity index (χ0n) is 12.4. The van der Waals surface area contributed by atoms with Gasteiger partial charge in [0.25, 0.3) is 0 Å². The predicted octanol–water partition coefficient (Wildman–Crippen LogP) is 1.04. The molecule has 1 aliphatic heterocycles. The molecule has 0 amide bonds. The zero-order valence-corrected chi connectivity index (χ0v) is 12.4. The van der Waals surface area contributed by atoms with Crippen LogP contribution in [0.3, 0.4) is 0 Å². The highest BCUT2D eigenvalue weighted by atomic mass is 16.5. The lowest BCUT2D eigenvalue weighted by Gasteiger charge is -2.28. The van der Waals surface area contributed by atoms with Crippen LogP contribution in [-0.4, -0.2) is 66.2 Å². The number of aromatic amines is 1. The summed E-state index contributed by atoms with van der Waals surface area (Å²) in [5, 5.41) is 0. The molecule has 0 atom stereocenters. The first-order valence-corrected chi connectivity index (χ1v) is 7.22. The van der Waals surface area contributed by atoms with Gasteiger partial charge < -0.3 is 9.72 Å². The number of nitrogens with one attached hydrogen (secondary N) is 1. The highest BCUT2D eigenvalue weighted by Crippen LogP contribution is 2.08. The molecule has 19 heavy (non-hydrogen) atoms. The minimum atomic E-state index is 0.877. The van der Waals surface area contributed by atoms with Crippen molar-refractivity contribution in [2.75, 3.05) is 46.4 Å². The summed E-state index contributed by atoms with van der Waals surface area (Å²) in [6.07, 6.45) is 0.971. The third-order valence-electron chi connectivity index (χ3n) is 3.69. The average molecular weight is 266 g/mol. The normalized spacial score (nSPS) is 17.3. The van der Waals surface area contributed by atoms with E-state index in [2.05, 4.69) is 40.7 Å². The molecule has 1 saturated heterocycles. The predicted molar refractivity (Wildman–Crippen MR) is 76.3 cm³/mol. The summed E-state index contributed by atoms with van der Waals surface area (Å²) >= 11 is 0. The lowest BCUT2D eigenvalue weighted by Crippen LogP contribution is -2.40. The van der Waals surface area contributed by atoms with Gasteiger partial charge in [0.1, 0.15) is 5.82 Å². The Morgan fingerprint density at radius 1 is 1.37 bits per heavy atom. The molecular weight excluding hydrogens is 240 g/mol. The van der Waals surface area contributed by atoms with E-state index < -0.39 is 0 Å². The number of nitrogens with zero attached hydrogens (tertiary/aromatic N) is 3. The standard InChI is InChI=1S/C14H26N4O/c1-4-14-15-12(2)13(16-14)11-17(3)5-6-18-7-9-19-10-8-18/h4-11H2,1-3H3,(H,15,16). The van der Waals surface area contributed by atoms with Crippen molar-refractivity contribution in [3.63, 3.8) is 0 Å². The Hall–Kier alpha value is -0.910. The van der Waals surface area contributed by atoms with E-state index in [1.807, 2.05) is 0 Å². The van der Waals surface area contributed by atoms with Crippen LogP contribution in [0.2, 0.25) is 0 Å². The fourth-order valence-electron chi connectivity index (χ4n) is 2.36. The number of rotatable bonds is 6. The molecule has 0 saturated carbocycles. The van der Waals surface area contributed by atoms with Gasteiger partial charge in [0.2, 0.25) is 0 Å². The van der Waals surface area contributed by atoms with Crippen molar-refractivity contribution in [2.24, 2.45) is 0 Å². The number of morpholine rings is 1. The number of hydrogen-bond donors (Lipinski definition) is 1. The van der Waals surface area contributed by atoms with E-state index in [-0.39, 0.29) is 0 Å². The summed E-state index contributed by atoms with van der Waals surface area (Å²) in [5.41, 5.74) is 2.39. The van der Waals surface area contributed by atoms with Crippen LogP contribution in [0.5, 0.6) is 0 Å². The van der Waals surface area contributed by atoms with Crippen LogP contribution in [0, 0.1) is 6.92 Å². The molecule has 1 aromatic heterocycles. The van der Waals surface area contributed by atoms with Crippen LogP contribution in [0.25, 0.3) is 0 Å². The van der Waals surface area contributed by atoms with E-state index in [1.165, 1.54) is 11.4 Å². The van der Waals surface area contributed by atoms with Crippen molar-refractivity contribution in [1.29, 1.82) is 0 Å². The van der Waals surface area contributed by atoms with Crippen molar-refractivity contribution in [3.8, 4) is 0 Å². The molecule has 0 aliphatic carbocycles. The molecule has 0 bridgehead atoms. The Morgan fingerprint density at radius 2 is 2.11 bits per heavy atom. The van der Waals surface area contributed by atoms with E-state index in [0.29, 0.717) is 0 Å². The Labute approximate surface area is 116 Å². The highest BCUT2D eigenvalue weighted by Gasteiger charge is 2.12. The molecule has 0 aromatic carbocycles. The summed E-state index contributed by atoms with van der Waals surface area (Å²) in [6, 6.07) is 0. The molecule has 5 heteroatoms. The molecule has 1 aromatic rings. The van der Waals surface area contributed by atoms with E-state index in [4.69, 9.17) is 4.74 Å². The summed E-state index contributed by atoms with van der Waals surface area (Å²) in [7, 11) is 2.17. The van der Waals surface area contributed by atoms with E-state index >= 15 is 0 Å². The van der Waals surface area contributed by atoms with E-state index in [0.717, 1.165) is 58.2 Å². The first-order chi connectivity index (χ1) is 9.19. The first kappa shape index (κ1) is 14.5. The molecule has 2 heterocycles. The Morgan fingerprint density at radius 3 is 2.74 bits per heavy atom. The van der Waals surface area contributed by atoms with Gasteiger partial charge in [-0.25, -0.2) is 4.98 Å². The monoisotopic (exact) mass is 266 g/mol. The summed E-state index contributed by atoms with van der Waals surface area (Å²) in [6.45, 7) is 11.2. The van der Waals surface area contributed by atoms with Gasteiger partial charge in [0.15, 0.2) is 0 Å². The number of aryl methyl sites for hydroxylation is 2. The molecular formula is C14H26N4O. The average Bonchev–Trinajstić information content (AvgIpc) is 2.78. The van der Waals surface area contributed by atoms with Crippen LogP contribution in [0.4, 0.5) is 0 Å². The third kappa shape index (κ3) is 4.30. The molecule has 0 unspecified atom stereocenters. The van der Waals surface area contributed by atoms with Gasteiger partial charge in [-0.2, -0.15) is 0 Å². The maximum Gasteiger partial charge on any atom is 0.106 e. The van der Waals surface area contributed by atoms with Crippen LogP contribution in [0.15, 0.2) is 0 Å². The van der Waals surface area contributed by atoms with Crippen LogP contribution >= 0.6 is 0 Å². The van der Waals surface area contributed by atoms with E-state index in [1.54, 1.807) is 0 Å². The molecule has 1 N–H and O–H groups in total. The van der Waals surface area contributed by atoms with Gasteiger partial charge in [0.05, 0.1) is 18.9 Å². The number of ether oxygens (including phenoxy) is 1. The number of hydrogen-bond acceptors (Lipinski definition) is 4. The smallest absolute Gasteiger partial charge is 0.106 e.